The number of nitrogens with one attached hydrogen (secondary N) is 1. The summed E-state index contributed by atoms with van der Waals surface area (Å²) >= 11 is 0. The Kier molecular flexibility index (Phi) is 2.98. The summed E-state index contributed by atoms with van der Waals surface area (Å²) in [5.74, 6) is 0.404. The zero-order chi connectivity index (χ0) is 14.2. The maximum atomic E-state index is 13.1. The third-order valence-electron chi connectivity index (χ3n) is 2.73. The molecule has 0 saturated carbocycles. The maximum absolute atomic E-state index is 13.1. The first kappa shape index (κ1) is 12.7. The quantitative estimate of drug-likeness (QED) is 0.944. The standard InChI is InChI=1S/C13H10FNO4S/c14-9-2-1-3-11(6-9)20(16,17)15-10-4-5-12-13(7-10)19-8-18-12/h1-7,15H,8H2. The Balaban J connectivity index is 1.90. The predicted octanol–water partition coefficient (Wildman–Crippen LogP) is 2.36. The second-order valence-corrected chi connectivity index (χ2v) is 5.81. The van der Waals surface area contributed by atoms with Gasteiger partial charge in [-0.2, -0.15) is 0 Å². The summed E-state index contributed by atoms with van der Waals surface area (Å²) < 4.78 is 50.0. The van der Waals surface area contributed by atoms with Gasteiger partial charge in [0, 0.05) is 6.07 Å². The number of anilines is 1. The number of fused-ring (bicyclic) bond motifs is 1. The van der Waals surface area contributed by atoms with E-state index in [1.807, 2.05) is 0 Å². The van der Waals surface area contributed by atoms with Crippen molar-refractivity contribution in [3.05, 3.63) is 48.3 Å². The molecule has 1 heterocycles. The van der Waals surface area contributed by atoms with Crippen LogP contribution >= 0.6 is 0 Å². The van der Waals surface area contributed by atoms with E-state index in [4.69, 9.17) is 9.47 Å². The van der Waals surface area contributed by atoms with Crippen molar-refractivity contribution in [3.63, 3.8) is 0 Å². The van der Waals surface area contributed by atoms with Gasteiger partial charge in [0.25, 0.3) is 10.0 Å². The summed E-state index contributed by atoms with van der Waals surface area (Å²) in [5, 5.41) is 0. The summed E-state index contributed by atoms with van der Waals surface area (Å²) in [5.41, 5.74) is 0.318. The van der Waals surface area contributed by atoms with E-state index in [-0.39, 0.29) is 11.7 Å². The van der Waals surface area contributed by atoms with Gasteiger partial charge in [0.05, 0.1) is 10.6 Å². The molecule has 0 saturated heterocycles. The van der Waals surface area contributed by atoms with Crippen LogP contribution in [0.1, 0.15) is 0 Å². The number of benzene rings is 2. The molecule has 20 heavy (non-hydrogen) atoms. The molecule has 0 radical (unpaired) electrons. The average molecular weight is 295 g/mol. The molecule has 0 aliphatic carbocycles. The fraction of sp³-hybridized carbons (Fsp3) is 0.0769. The highest BCUT2D eigenvalue weighted by Gasteiger charge is 2.18. The van der Waals surface area contributed by atoms with Crippen LogP contribution in [-0.4, -0.2) is 15.2 Å². The van der Waals surface area contributed by atoms with E-state index in [1.54, 1.807) is 12.1 Å². The Morgan fingerprint density at radius 2 is 1.85 bits per heavy atom. The number of ether oxygens (including phenoxy) is 2. The third-order valence-corrected chi connectivity index (χ3v) is 4.11. The predicted molar refractivity (Wildman–Crippen MR) is 69.8 cm³/mol. The smallest absolute Gasteiger partial charge is 0.261 e. The molecule has 5 nitrogen and oxygen atoms in total. The van der Waals surface area contributed by atoms with Gasteiger partial charge >= 0.3 is 0 Å². The molecule has 0 unspecified atom stereocenters. The third kappa shape index (κ3) is 2.39. The van der Waals surface area contributed by atoms with E-state index < -0.39 is 15.8 Å². The molecule has 1 aliphatic heterocycles. The highest BCUT2D eigenvalue weighted by atomic mass is 32.2. The Bertz CT molecular complexity index is 761. The molecule has 0 bridgehead atoms. The van der Waals surface area contributed by atoms with Gasteiger partial charge in [-0.15, -0.1) is 0 Å². The Morgan fingerprint density at radius 1 is 1.05 bits per heavy atom. The van der Waals surface area contributed by atoms with Gasteiger partial charge in [-0.3, -0.25) is 4.72 Å². The second-order valence-electron chi connectivity index (χ2n) is 4.13. The molecule has 0 spiro atoms. The van der Waals surface area contributed by atoms with Crippen molar-refractivity contribution >= 4 is 15.7 Å². The summed E-state index contributed by atoms with van der Waals surface area (Å²) in [7, 11) is -3.84. The van der Waals surface area contributed by atoms with Crippen LogP contribution in [0.25, 0.3) is 0 Å². The topological polar surface area (TPSA) is 64.6 Å². The van der Waals surface area contributed by atoms with Crippen LogP contribution in [0, 0.1) is 5.82 Å². The lowest BCUT2D eigenvalue weighted by Crippen LogP contribution is -2.13. The minimum Gasteiger partial charge on any atom is -0.454 e. The SMILES string of the molecule is O=S(=O)(Nc1ccc2c(c1)OCO2)c1cccc(F)c1. The van der Waals surface area contributed by atoms with Crippen LogP contribution in [0.15, 0.2) is 47.4 Å². The lowest BCUT2D eigenvalue weighted by molar-refractivity contribution is 0.174. The molecule has 0 aromatic heterocycles. The summed E-state index contributed by atoms with van der Waals surface area (Å²) in [4.78, 5) is -0.143. The van der Waals surface area contributed by atoms with Crippen LogP contribution in [0.2, 0.25) is 0 Å². The molecular formula is C13H10FNO4S. The molecule has 2 aromatic rings. The van der Waals surface area contributed by atoms with E-state index >= 15 is 0 Å². The molecule has 1 N–H and O–H groups in total. The van der Waals surface area contributed by atoms with Crippen LogP contribution in [-0.2, 0) is 10.0 Å². The van der Waals surface area contributed by atoms with Gasteiger partial charge in [0.1, 0.15) is 5.82 Å². The summed E-state index contributed by atoms with van der Waals surface area (Å²) in [6, 6.07) is 9.45. The largest absolute Gasteiger partial charge is 0.454 e. The van der Waals surface area contributed by atoms with E-state index in [0.717, 1.165) is 6.07 Å². The highest BCUT2D eigenvalue weighted by molar-refractivity contribution is 7.92. The van der Waals surface area contributed by atoms with E-state index in [0.29, 0.717) is 17.2 Å². The second kappa shape index (κ2) is 4.68. The zero-order valence-electron chi connectivity index (χ0n) is 10.2. The Morgan fingerprint density at radius 3 is 2.65 bits per heavy atom. The molecule has 1 aliphatic rings. The summed E-state index contributed by atoms with van der Waals surface area (Å²) in [6.07, 6.45) is 0. The zero-order valence-corrected chi connectivity index (χ0v) is 11.0. The minimum absolute atomic E-state index is 0.107. The molecule has 7 heteroatoms. The van der Waals surface area contributed by atoms with Crippen molar-refractivity contribution in [3.8, 4) is 11.5 Å². The first-order valence-electron chi connectivity index (χ1n) is 5.73. The Hall–Kier alpha value is -2.28. The number of rotatable bonds is 3. The fourth-order valence-electron chi connectivity index (χ4n) is 1.81. The molecule has 3 rings (SSSR count). The molecular weight excluding hydrogens is 285 g/mol. The number of hydrogen-bond donors (Lipinski definition) is 1. The maximum Gasteiger partial charge on any atom is 0.261 e. The van der Waals surface area contributed by atoms with E-state index in [1.165, 1.54) is 24.3 Å². The number of sulfonamides is 1. The first-order chi connectivity index (χ1) is 9.54. The minimum atomic E-state index is -3.84. The summed E-state index contributed by atoms with van der Waals surface area (Å²) in [6.45, 7) is 0.107. The van der Waals surface area contributed by atoms with Gasteiger partial charge in [0.2, 0.25) is 6.79 Å². The van der Waals surface area contributed by atoms with Gasteiger partial charge in [-0.1, -0.05) is 6.07 Å². The number of halogens is 1. The number of hydrogen-bond acceptors (Lipinski definition) is 4. The van der Waals surface area contributed by atoms with E-state index in [9.17, 15) is 12.8 Å². The van der Waals surface area contributed by atoms with Gasteiger partial charge in [-0.25, -0.2) is 12.8 Å². The van der Waals surface area contributed by atoms with Crippen LogP contribution in [0.3, 0.4) is 0 Å². The van der Waals surface area contributed by atoms with E-state index in [2.05, 4.69) is 4.72 Å². The monoisotopic (exact) mass is 295 g/mol. The normalized spacial score (nSPS) is 13.2. The average Bonchev–Trinajstić information content (AvgIpc) is 2.85. The first-order valence-corrected chi connectivity index (χ1v) is 7.21. The molecule has 2 aromatic carbocycles. The molecule has 104 valence electrons. The van der Waals surface area contributed by atoms with Crippen LogP contribution < -0.4 is 14.2 Å². The van der Waals surface area contributed by atoms with Crippen LogP contribution in [0.4, 0.5) is 10.1 Å². The van der Waals surface area contributed by atoms with Gasteiger partial charge < -0.3 is 9.47 Å². The Labute approximate surface area is 115 Å². The highest BCUT2D eigenvalue weighted by Crippen LogP contribution is 2.34. The van der Waals surface area contributed by atoms with Gasteiger partial charge in [0.15, 0.2) is 11.5 Å². The lowest BCUT2D eigenvalue weighted by Gasteiger charge is -2.08. The van der Waals surface area contributed by atoms with Crippen molar-refractivity contribution in [1.29, 1.82) is 0 Å². The molecule has 0 atom stereocenters. The van der Waals surface area contributed by atoms with Crippen LogP contribution in [0.5, 0.6) is 11.5 Å². The van der Waals surface area contributed by atoms with Crippen molar-refractivity contribution in [1.82, 2.24) is 0 Å². The van der Waals surface area contributed by atoms with Crippen molar-refractivity contribution in [2.45, 2.75) is 4.90 Å². The fourth-order valence-corrected chi connectivity index (χ4v) is 2.89. The lowest BCUT2D eigenvalue weighted by atomic mass is 10.3. The van der Waals surface area contributed by atoms with Crippen molar-refractivity contribution in [2.24, 2.45) is 0 Å². The van der Waals surface area contributed by atoms with Gasteiger partial charge in [-0.05, 0) is 30.3 Å². The van der Waals surface area contributed by atoms with Crippen molar-refractivity contribution in [2.75, 3.05) is 11.5 Å². The van der Waals surface area contributed by atoms with Crippen molar-refractivity contribution < 1.29 is 22.3 Å². The molecule has 0 amide bonds. The molecule has 0 fully saturated rings.